The Kier molecular flexibility index (Phi) is 8.77. The molecule has 0 fully saturated rings. The highest BCUT2D eigenvalue weighted by Gasteiger charge is 2.19. The molecule has 1 aromatic heterocycles. The van der Waals surface area contributed by atoms with Gasteiger partial charge in [-0.3, -0.25) is 9.78 Å². The van der Waals surface area contributed by atoms with Gasteiger partial charge in [0.25, 0.3) is 0 Å². The van der Waals surface area contributed by atoms with Crippen molar-refractivity contribution in [3.8, 4) is 11.5 Å². The van der Waals surface area contributed by atoms with Crippen LogP contribution in [0.1, 0.15) is 29.7 Å². The van der Waals surface area contributed by atoms with Crippen molar-refractivity contribution in [3.63, 3.8) is 0 Å². The summed E-state index contributed by atoms with van der Waals surface area (Å²) >= 11 is 6.04. The number of nitrogens with one attached hydrogen (secondary N) is 2. The smallest absolute Gasteiger partial charge is 0.248 e. The number of amides is 1. The van der Waals surface area contributed by atoms with Crippen molar-refractivity contribution < 1.29 is 14.3 Å². The molecule has 0 saturated heterocycles. The van der Waals surface area contributed by atoms with E-state index in [1.54, 1.807) is 26.4 Å². The molecule has 0 radical (unpaired) electrons. The first kappa shape index (κ1) is 27.3. The predicted molar refractivity (Wildman–Crippen MR) is 158 cm³/mol. The van der Waals surface area contributed by atoms with Gasteiger partial charge in [0.15, 0.2) is 11.5 Å². The van der Waals surface area contributed by atoms with Gasteiger partial charge in [-0.25, -0.2) is 0 Å². The van der Waals surface area contributed by atoms with Gasteiger partial charge < -0.3 is 20.1 Å². The Bertz CT molecular complexity index is 1500. The fourth-order valence-electron chi connectivity index (χ4n) is 4.67. The molecule has 0 atom stereocenters. The van der Waals surface area contributed by atoms with Gasteiger partial charge in [0.05, 0.1) is 25.4 Å². The van der Waals surface area contributed by atoms with Gasteiger partial charge in [0, 0.05) is 39.6 Å². The van der Waals surface area contributed by atoms with Crippen molar-refractivity contribution >= 4 is 64.0 Å². The minimum absolute atomic E-state index is 0. The first-order valence-electron chi connectivity index (χ1n) is 12.2. The Hall–Kier alpha value is -3.74. The van der Waals surface area contributed by atoms with Crippen LogP contribution in [0.15, 0.2) is 66.7 Å². The molecule has 6 nitrogen and oxygen atoms in total. The van der Waals surface area contributed by atoms with E-state index >= 15 is 0 Å². The quantitative estimate of drug-likeness (QED) is 0.232. The standard InChI is InChI=1S/C30H28ClN3O3.ClH/c1-36-27-14-12-22(18-28(27)37-2)33-30-23-8-3-4-9-25(23)34-26-13-11-21(17-24(26)30)32-29(35)15-10-19-6-5-7-20(31)16-19;/h5-7,10-18H,3-4,8-9H2,1-2H3,(H,32,35)(H,33,34);1H/b15-10+;. The maximum Gasteiger partial charge on any atom is 0.248 e. The van der Waals surface area contributed by atoms with Crippen molar-refractivity contribution in [1.29, 1.82) is 0 Å². The van der Waals surface area contributed by atoms with Crippen molar-refractivity contribution in [3.05, 3.63) is 88.6 Å². The van der Waals surface area contributed by atoms with E-state index in [9.17, 15) is 4.79 Å². The second-order valence-electron chi connectivity index (χ2n) is 8.92. The number of anilines is 3. The van der Waals surface area contributed by atoms with Gasteiger partial charge in [-0.05, 0) is 85.4 Å². The number of benzene rings is 3. The molecule has 196 valence electrons. The van der Waals surface area contributed by atoms with E-state index in [2.05, 4.69) is 10.6 Å². The minimum atomic E-state index is -0.223. The van der Waals surface area contributed by atoms with Gasteiger partial charge in [-0.1, -0.05) is 23.7 Å². The number of methoxy groups -OCH3 is 2. The van der Waals surface area contributed by atoms with Gasteiger partial charge in [0.1, 0.15) is 0 Å². The van der Waals surface area contributed by atoms with E-state index in [1.807, 2.05) is 54.6 Å². The molecule has 1 aliphatic carbocycles. The van der Waals surface area contributed by atoms with Crippen molar-refractivity contribution in [2.75, 3.05) is 24.9 Å². The maximum atomic E-state index is 12.7. The molecule has 38 heavy (non-hydrogen) atoms. The number of carbonyl (C=O) groups excluding carboxylic acids is 1. The number of ether oxygens (including phenoxy) is 2. The van der Waals surface area contributed by atoms with Gasteiger partial charge in [-0.2, -0.15) is 0 Å². The predicted octanol–water partition coefficient (Wildman–Crippen LogP) is 7.60. The number of rotatable bonds is 7. The topological polar surface area (TPSA) is 72.5 Å². The molecule has 5 rings (SSSR count). The highest BCUT2D eigenvalue weighted by molar-refractivity contribution is 6.30. The van der Waals surface area contributed by atoms with Crippen LogP contribution in [-0.2, 0) is 17.6 Å². The maximum absolute atomic E-state index is 12.7. The third-order valence-corrected chi connectivity index (χ3v) is 6.69. The molecule has 0 aliphatic heterocycles. The molecular formula is C30H29Cl2N3O3. The number of pyridine rings is 1. The van der Waals surface area contributed by atoms with Crippen LogP contribution < -0.4 is 20.1 Å². The Labute approximate surface area is 233 Å². The molecule has 4 aromatic rings. The van der Waals surface area contributed by atoms with E-state index in [-0.39, 0.29) is 18.3 Å². The molecule has 1 aliphatic rings. The van der Waals surface area contributed by atoms with Gasteiger partial charge >= 0.3 is 0 Å². The first-order chi connectivity index (χ1) is 18.0. The number of fused-ring (bicyclic) bond motifs is 2. The summed E-state index contributed by atoms with van der Waals surface area (Å²) in [6.45, 7) is 0. The highest BCUT2D eigenvalue weighted by atomic mass is 35.5. The minimum Gasteiger partial charge on any atom is -0.493 e. The van der Waals surface area contributed by atoms with Crippen LogP contribution in [0.3, 0.4) is 0 Å². The van der Waals surface area contributed by atoms with Crippen molar-refractivity contribution in [1.82, 2.24) is 4.98 Å². The fraction of sp³-hybridized carbons (Fsp3) is 0.200. The zero-order valence-electron chi connectivity index (χ0n) is 21.2. The third kappa shape index (κ3) is 6.04. The molecule has 0 unspecified atom stereocenters. The number of hydrogen-bond donors (Lipinski definition) is 2. The lowest BCUT2D eigenvalue weighted by molar-refractivity contribution is -0.111. The van der Waals surface area contributed by atoms with E-state index in [0.717, 1.165) is 59.2 Å². The molecule has 0 saturated carbocycles. The molecule has 3 aromatic carbocycles. The van der Waals surface area contributed by atoms with Crippen LogP contribution in [-0.4, -0.2) is 25.1 Å². The largest absolute Gasteiger partial charge is 0.493 e. The lowest BCUT2D eigenvalue weighted by atomic mass is 9.92. The van der Waals surface area contributed by atoms with Crippen molar-refractivity contribution in [2.45, 2.75) is 25.7 Å². The SMILES string of the molecule is COc1ccc(Nc2c3c(nc4ccc(NC(=O)/C=C/c5cccc(Cl)c5)cc24)CCCC3)cc1OC.Cl. The zero-order chi connectivity index (χ0) is 25.8. The van der Waals surface area contributed by atoms with E-state index in [0.29, 0.717) is 22.2 Å². The van der Waals surface area contributed by atoms with E-state index < -0.39 is 0 Å². The normalized spacial score (nSPS) is 12.5. The molecule has 1 heterocycles. The zero-order valence-corrected chi connectivity index (χ0v) is 22.8. The summed E-state index contributed by atoms with van der Waals surface area (Å²) < 4.78 is 10.9. The lowest BCUT2D eigenvalue weighted by Crippen LogP contribution is -2.11. The number of nitrogens with zero attached hydrogens (tertiary/aromatic N) is 1. The van der Waals surface area contributed by atoms with Crippen LogP contribution in [0, 0.1) is 0 Å². The van der Waals surface area contributed by atoms with Gasteiger partial charge in [-0.15, -0.1) is 12.4 Å². The van der Waals surface area contributed by atoms with Crippen LogP contribution in [0.4, 0.5) is 17.1 Å². The number of carbonyl (C=O) groups is 1. The van der Waals surface area contributed by atoms with Crippen LogP contribution >= 0.6 is 24.0 Å². The summed E-state index contributed by atoms with van der Waals surface area (Å²) in [4.78, 5) is 17.6. The monoisotopic (exact) mass is 549 g/mol. The Morgan fingerprint density at radius 2 is 1.74 bits per heavy atom. The van der Waals surface area contributed by atoms with Gasteiger partial charge in [0.2, 0.25) is 5.91 Å². The number of aryl methyl sites for hydroxylation is 1. The summed E-state index contributed by atoms with van der Waals surface area (Å²) in [6.07, 6.45) is 7.40. The molecule has 0 spiro atoms. The Morgan fingerprint density at radius 1 is 0.947 bits per heavy atom. The van der Waals surface area contributed by atoms with E-state index in [1.165, 1.54) is 11.6 Å². The number of halogens is 2. The summed E-state index contributed by atoms with van der Waals surface area (Å²) in [5.74, 6) is 1.10. The lowest BCUT2D eigenvalue weighted by Gasteiger charge is -2.22. The average molecular weight is 550 g/mol. The fourth-order valence-corrected chi connectivity index (χ4v) is 4.87. The molecule has 0 bridgehead atoms. The molecule has 8 heteroatoms. The Morgan fingerprint density at radius 3 is 2.53 bits per heavy atom. The third-order valence-electron chi connectivity index (χ3n) is 6.46. The number of aromatic nitrogens is 1. The van der Waals surface area contributed by atoms with Crippen LogP contribution in [0.25, 0.3) is 17.0 Å². The Balaban J connectivity index is 0.00000336. The first-order valence-corrected chi connectivity index (χ1v) is 12.6. The summed E-state index contributed by atoms with van der Waals surface area (Å²) in [7, 11) is 3.25. The highest BCUT2D eigenvalue weighted by Crippen LogP contribution is 2.38. The second kappa shape index (κ2) is 12.2. The summed E-state index contributed by atoms with van der Waals surface area (Å²) in [6, 6.07) is 18.9. The second-order valence-corrected chi connectivity index (χ2v) is 9.36. The van der Waals surface area contributed by atoms with Crippen LogP contribution in [0.2, 0.25) is 5.02 Å². The molecule has 2 N–H and O–H groups in total. The molecular weight excluding hydrogens is 521 g/mol. The summed E-state index contributed by atoms with van der Waals surface area (Å²) in [5, 5.41) is 8.17. The van der Waals surface area contributed by atoms with E-state index in [4.69, 9.17) is 26.1 Å². The average Bonchev–Trinajstić information content (AvgIpc) is 2.92. The van der Waals surface area contributed by atoms with Crippen LogP contribution in [0.5, 0.6) is 11.5 Å². The van der Waals surface area contributed by atoms with Crippen molar-refractivity contribution in [2.24, 2.45) is 0 Å². The number of hydrogen-bond acceptors (Lipinski definition) is 5. The summed E-state index contributed by atoms with van der Waals surface area (Å²) in [5.41, 5.74) is 6.69. The molecule has 1 amide bonds.